The quantitative estimate of drug-likeness (QED) is 0.837. The highest BCUT2D eigenvalue weighted by molar-refractivity contribution is 5.24. The summed E-state index contributed by atoms with van der Waals surface area (Å²) >= 11 is 0. The summed E-state index contributed by atoms with van der Waals surface area (Å²) in [5.41, 5.74) is 5.23. The fraction of sp³-hybridized carbons (Fsp3) is 0.750. The van der Waals surface area contributed by atoms with Crippen LogP contribution < -0.4 is 10.6 Å². The minimum absolute atomic E-state index is 0.0129. The Morgan fingerprint density at radius 2 is 2.06 bits per heavy atom. The van der Waals surface area contributed by atoms with Crippen LogP contribution in [-0.2, 0) is 6.54 Å². The van der Waals surface area contributed by atoms with Crippen LogP contribution in [0.2, 0.25) is 0 Å². The van der Waals surface area contributed by atoms with E-state index in [9.17, 15) is 13.2 Å². The average Bonchev–Trinajstić information content (AvgIpc) is 2.63. The Labute approximate surface area is 90.4 Å². The van der Waals surface area contributed by atoms with Crippen LogP contribution in [-0.4, -0.2) is 29.5 Å². The monoisotopic (exact) mass is 238 g/mol. The van der Waals surface area contributed by atoms with E-state index >= 15 is 0 Å². The summed E-state index contributed by atoms with van der Waals surface area (Å²) < 4.78 is 41.7. The van der Waals surface area contributed by atoms with E-state index in [2.05, 4.69) is 10.2 Å². The van der Waals surface area contributed by atoms with E-state index in [-0.39, 0.29) is 25.0 Å². The van der Waals surface area contributed by atoms with E-state index in [1.165, 1.54) is 0 Å². The minimum Gasteiger partial charge on any atom is -0.407 e. The zero-order valence-electron chi connectivity index (χ0n) is 8.79. The lowest BCUT2D eigenvalue weighted by atomic mass is 10.4. The molecule has 0 saturated carbocycles. The summed E-state index contributed by atoms with van der Waals surface area (Å²) in [6, 6.07) is -0.139. The highest BCUT2D eigenvalue weighted by Gasteiger charge is 2.32. The van der Waals surface area contributed by atoms with Gasteiger partial charge in [0.15, 0.2) is 0 Å². The van der Waals surface area contributed by atoms with Gasteiger partial charge in [0.25, 0.3) is 0 Å². The molecule has 16 heavy (non-hydrogen) atoms. The topological polar surface area (TPSA) is 68.2 Å². The lowest BCUT2D eigenvalue weighted by Gasteiger charge is -2.20. The third kappa shape index (κ3) is 3.69. The van der Waals surface area contributed by atoms with Crippen molar-refractivity contribution in [3.8, 4) is 0 Å². The first-order valence-electron chi connectivity index (χ1n) is 4.80. The van der Waals surface area contributed by atoms with Crippen molar-refractivity contribution in [1.82, 2.24) is 10.2 Å². The maximum atomic E-state index is 12.2. The number of aromatic nitrogens is 2. The molecule has 0 unspecified atom stereocenters. The number of hydrogen-bond acceptors (Lipinski definition) is 5. The summed E-state index contributed by atoms with van der Waals surface area (Å²) in [6.07, 6.45) is -3.75. The molecule has 1 aromatic rings. The Morgan fingerprint density at radius 1 is 1.38 bits per heavy atom. The van der Waals surface area contributed by atoms with Crippen LogP contribution in [0.15, 0.2) is 4.42 Å². The van der Waals surface area contributed by atoms with E-state index in [0.717, 1.165) is 4.90 Å². The SMILES string of the molecule is CCCN(CC(F)(F)F)c1nnc(CN)o1. The molecule has 0 aliphatic rings. The summed E-state index contributed by atoms with van der Waals surface area (Å²) in [5, 5.41) is 7.04. The molecule has 8 heteroatoms. The van der Waals surface area contributed by atoms with Crippen LogP contribution in [0.4, 0.5) is 19.2 Å². The zero-order chi connectivity index (χ0) is 12.2. The fourth-order valence-corrected chi connectivity index (χ4v) is 1.18. The maximum absolute atomic E-state index is 12.2. The second-order valence-corrected chi connectivity index (χ2v) is 3.22. The van der Waals surface area contributed by atoms with Crippen LogP contribution in [0.5, 0.6) is 0 Å². The van der Waals surface area contributed by atoms with E-state index in [1.54, 1.807) is 6.92 Å². The second-order valence-electron chi connectivity index (χ2n) is 3.22. The van der Waals surface area contributed by atoms with Crippen molar-refractivity contribution >= 4 is 6.01 Å². The summed E-state index contributed by atoms with van der Waals surface area (Å²) in [7, 11) is 0. The van der Waals surface area contributed by atoms with Crippen LogP contribution in [0.25, 0.3) is 0 Å². The van der Waals surface area contributed by atoms with Crippen molar-refractivity contribution in [3.05, 3.63) is 5.89 Å². The van der Waals surface area contributed by atoms with E-state index in [4.69, 9.17) is 10.2 Å². The van der Waals surface area contributed by atoms with Gasteiger partial charge in [0.2, 0.25) is 5.89 Å². The molecule has 0 radical (unpaired) electrons. The molecule has 0 spiro atoms. The average molecular weight is 238 g/mol. The number of nitrogens with two attached hydrogens (primary N) is 1. The Balaban J connectivity index is 2.76. The fourth-order valence-electron chi connectivity index (χ4n) is 1.18. The Bertz CT molecular complexity index is 325. The maximum Gasteiger partial charge on any atom is 0.406 e. The van der Waals surface area contributed by atoms with Crippen molar-refractivity contribution in [3.63, 3.8) is 0 Å². The highest BCUT2D eigenvalue weighted by Crippen LogP contribution is 2.21. The number of anilines is 1. The van der Waals surface area contributed by atoms with Gasteiger partial charge in [-0.1, -0.05) is 12.0 Å². The predicted molar refractivity (Wildman–Crippen MR) is 50.7 cm³/mol. The summed E-state index contributed by atoms with van der Waals surface area (Å²) in [5.74, 6) is 0.123. The standard InChI is InChI=1S/C8H13F3N4O/c1-2-3-15(5-8(9,10)11)7-14-13-6(4-12)16-7/h2-5,12H2,1H3. The number of halogens is 3. The molecule has 0 saturated heterocycles. The van der Waals surface area contributed by atoms with E-state index < -0.39 is 12.7 Å². The Morgan fingerprint density at radius 3 is 2.50 bits per heavy atom. The first-order chi connectivity index (χ1) is 7.46. The summed E-state index contributed by atoms with van der Waals surface area (Å²) in [4.78, 5) is 0.992. The molecular weight excluding hydrogens is 225 g/mol. The minimum atomic E-state index is -4.30. The van der Waals surface area contributed by atoms with Crippen molar-refractivity contribution < 1.29 is 17.6 Å². The molecule has 1 heterocycles. The Hall–Kier alpha value is -1.31. The smallest absolute Gasteiger partial charge is 0.406 e. The first kappa shape index (κ1) is 12.8. The third-order valence-corrected chi connectivity index (χ3v) is 1.76. The molecule has 0 aliphatic heterocycles. The molecule has 0 aliphatic carbocycles. The summed E-state index contributed by atoms with van der Waals surface area (Å²) in [6.45, 7) is 0.876. The molecule has 0 bridgehead atoms. The van der Waals surface area contributed by atoms with Gasteiger partial charge in [-0.3, -0.25) is 0 Å². The molecule has 1 rings (SSSR count). The predicted octanol–water partition coefficient (Wildman–Crippen LogP) is 1.31. The molecule has 2 N–H and O–H groups in total. The van der Waals surface area contributed by atoms with Gasteiger partial charge >= 0.3 is 12.2 Å². The number of nitrogens with zero attached hydrogens (tertiary/aromatic N) is 3. The van der Waals surface area contributed by atoms with Crippen molar-refractivity contribution in [2.45, 2.75) is 26.1 Å². The third-order valence-electron chi connectivity index (χ3n) is 1.76. The van der Waals surface area contributed by atoms with Crippen molar-refractivity contribution in [1.29, 1.82) is 0 Å². The highest BCUT2D eigenvalue weighted by atomic mass is 19.4. The zero-order valence-corrected chi connectivity index (χ0v) is 8.79. The molecule has 1 aromatic heterocycles. The van der Waals surface area contributed by atoms with Gasteiger partial charge in [0, 0.05) is 6.54 Å². The molecule has 0 aromatic carbocycles. The van der Waals surface area contributed by atoms with Crippen LogP contribution >= 0.6 is 0 Å². The van der Waals surface area contributed by atoms with Gasteiger partial charge in [-0.15, -0.1) is 5.10 Å². The molecule has 92 valence electrons. The largest absolute Gasteiger partial charge is 0.407 e. The van der Waals surface area contributed by atoms with Gasteiger partial charge in [0.05, 0.1) is 6.54 Å². The second kappa shape index (κ2) is 5.15. The number of alkyl halides is 3. The molecule has 0 fully saturated rings. The van der Waals surface area contributed by atoms with Crippen molar-refractivity contribution in [2.24, 2.45) is 5.73 Å². The van der Waals surface area contributed by atoms with Gasteiger partial charge in [-0.05, 0) is 6.42 Å². The first-order valence-corrected chi connectivity index (χ1v) is 4.80. The number of rotatable bonds is 5. The van der Waals surface area contributed by atoms with Gasteiger partial charge in [-0.25, -0.2) is 0 Å². The Kier molecular flexibility index (Phi) is 4.11. The van der Waals surface area contributed by atoms with Crippen LogP contribution in [0, 0.1) is 0 Å². The normalized spacial score (nSPS) is 11.8. The molecular formula is C8H13F3N4O. The lowest BCUT2D eigenvalue weighted by Crippen LogP contribution is -2.35. The van der Waals surface area contributed by atoms with E-state index in [0.29, 0.717) is 6.42 Å². The molecule has 0 amide bonds. The number of hydrogen-bond donors (Lipinski definition) is 1. The molecule has 5 nitrogen and oxygen atoms in total. The van der Waals surface area contributed by atoms with Gasteiger partial charge < -0.3 is 15.1 Å². The lowest BCUT2D eigenvalue weighted by molar-refractivity contribution is -0.120. The van der Waals surface area contributed by atoms with Crippen LogP contribution in [0.1, 0.15) is 19.2 Å². The molecule has 0 atom stereocenters. The van der Waals surface area contributed by atoms with Crippen molar-refractivity contribution in [2.75, 3.05) is 18.0 Å². The van der Waals surface area contributed by atoms with Gasteiger partial charge in [-0.2, -0.15) is 13.2 Å². The van der Waals surface area contributed by atoms with E-state index in [1.807, 2.05) is 0 Å². The van der Waals surface area contributed by atoms with Crippen LogP contribution in [0.3, 0.4) is 0 Å². The van der Waals surface area contributed by atoms with Gasteiger partial charge in [0.1, 0.15) is 6.54 Å².